The lowest BCUT2D eigenvalue weighted by atomic mass is 9.72. The van der Waals surface area contributed by atoms with Crippen LogP contribution >= 0.6 is 0 Å². The normalized spacial score (nSPS) is 29.0. The maximum atomic E-state index is 12.9. The van der Waals surface area contributed by atoms with Crippen LogP contribution in [0.2, 0.25) is 0 Å². The van der Waals surface area contributed by atoms with Crippen molar-refractivity contribution in [2.45, 2.75) is 51.7 Å². The number of ether oxygens (including phenoxy) is 1. The Hall–Kier alpha value is -1.36. The second-order valence-corrected chi connectivity index (χ2v) is 7.29. The summed E-state index contributed by atoms with van der Waals surface area (Å²) in [5.74, 6) is 1.77. The number of carbonyl (C=O) groups is 1. The van der Waals surface area contributed by atoms with E-state index in [1.807, 2.05) is 18.9 Å². The first kappa shape index (κ1) is 14.2. The fourth-order valence-electron chi connectivity index (χ4n) is 4.17. The second kappa shape index (κ2) is 5.08. The lowest BCUT2D eigenvalue weighted by Gasteiger charge is -2.46. The minimum atomic E-state index is -0.0226. The monoisotopic (exact) mass is 303 g/mol. The highest BCUT2D eigenvalue weighted by Crippen LogP contribution is 2.39. The Morgan fingerprint density at radius 2 is 1.95 bits per heavy atom. The predicted octanol–water partition coefficient (Wildman–Crippen LogP) is 2.31. The zero-order valence-electron chi connectivity index (χ0n) is 13.7. The summed E-state index contributed by atoms with van der Waals surface area (Å²) in [4.78, 5) is 14.9. The zero-order chi connectivity index (χ0) is 15.4. The molecule has 4 rings (SSSR count). The number of hydrogen-bond donors (Lipinski definition) is 0. The molecule has 0 unspecified atom stereocenters. The molecular weight excluding hydrogens is 278 g/mol. The van der Waals surface area contributed by atoms with Crippen LogP contribution in [0.3, 0.4) is 0 Å². The molecule has 1 aromatic rings. The van der Waals surface area contributed by atoms with E-state index < -0.39 is 0 Å². The molecule has 1 saturated heterocycles. The zero-order valence-corrected chi connectivity index (χ0v) is 13.7. The Balaban J connectivity index is 1.54. The first-order valence-electron chi connectivity index (χ1n) is 8.55. The Kier molecular flexibility index (Phi) is 3.29. The molecule has 0 radical (unpaired) electrons. The van der Waals surface area contributed by atoms with E-state index >= 15 is 0 Å². The van der Waals surface area contributed by atoms with Gasteiger partial charge in [-0.3, -0.25) is 9.48 Å². The summed E-state index contributed by atoms with van der Waals surface area (Å²) >= 11 is 0. The number of amides is 1. The average Bonchev–Trinajstić information content (AvgIpc) is 2.67. The largest absolute Gasteiger partial charge is 0.369 e. The molecule has 0 N–H and O–H groups in total. The van der Waals surface area contributed by atoms with Crippen molar-refractivity contribution in [3.05, 3.63) is 17.0 Å². The van der Waals surface area contributed by atoms with Gasteiger partial charge in [-0.2, -0.15) is 5.10 Å². The molecule has 1 aliphatic carbocycles. The second-order valence-electron chi connectivity index (χ2n) is 7.29. The summed E-state index contributed by atoms with van der Waals surface area (Å²) in [5, 5.41) is 4.55. The van der Waals surface area contributed by atoms with Crippen molar-refractivity contribution in [2.24, 2.45) is 18.9 Å². The van der Waals surface area contributed by atoms with E-state index in [1.54, 1.807) is 4.68 Å². The Labute approximate surface area is 131 Å². The molecule has 0 aromatic carbocycles. The molecular formula is C17H25N3O2. The highest BCUT2D eigenvalue weighted by atomic mass is 16.5. The Morgan fingerprint density at radius 1 is 1.23 bits per heavy atom. The van der Waals surface area contributed by atoms with Gasteiger partial charge in [0.15, 0.2) is 0 Å². The summed E-state index contributed by atoms with van der Waals surface area (Å²) < 4.78 is 7.60. The van der Waals surface area contributed by atoms with Crippen molar-refractivity contribution in [3.63, 3.8) is 0 Å². The quantitative estimate of drug-likeness (QED) is 0.842. The smallest absolute Gasteiger partial charge is 0.272 e. The molecule has 5 heteroatoms. The van der Waals surface area contributed by atoms with Gasteiger partial charge in [-0.1, -0.05) is 19.3 Å². The summed E-state index contributed by atoms with van der Waals surface area (Å²) in [6, 6.07) is 0. The molecule has 0 spiro atoms. The van der Waals surface area contributed by atoms with Crippen molar-refractivity contribution in [1.29, 1.82) is 0 Å². The van der Waals surface area contributed by atoms with Gasteiger partial charge in [0.05, 0.1) is 17.9 Å². The van der Waals surface area contributed by atoms with Crippen molar-refractivity contribution in [2.75, 3.05) is 13.1 Å². The van der Waals surface area contributed by atoms with Crippen LogP contribution in [0.1, 0.15) is 61.0 Å². The molecule has 2 atom stereocenters. The standard InChI is InChI=1S/C17H25N3O2/c1-10-7-14-15(11(2)22-10)18-19(3)16(14)17(21)20-8-13(9-20)12-5-4-6-12/h10-13H,4-9H2,1-3H3/t10-,11+/m1/s1. The summed E-state index contributed by atoms with van der Waals surface area (Å²) in [7, 11) is 1.88. The van der Waals surface area contributed by atoms with Crippen LogP contribution in [-0.4, -0.2) is 39.8 Å². The summed E-state index contributed by atoms with van der Waals surface area (Å²) in [5.41, 5.74) is 2.83. The molecule has 1 saturated carbocycles. The van der Waals surface area contributed by atoms with Gasteiger partial charge in [-0.25, -0.2) is 0 Å². The van der Waals surface area contributed by atoms with Crippen LogP contribution in [0.5, 0.6) is 0 Å². The van der Waals surface area contributed by atoms with E-state index in [2.05, 4.69) is 12.0 Å². The van der Waals surface area contributed by atoms with Crippen LogP contribution in [0.4, 0.5) is 0 Å². The van der Waals surface area contributed by atoms with Gasteiger partial charge in [0.25, 0.3) is 5.91 Å². The lowest BCUT2D eigenvalue weighted by molar-refractivity contribution is -0.00732. The number of likely N-dealkylation sites (tertiary alicyclic amines) is 1. The van der Waals surface area contributed by atoms with E-state index in [-0.39, 0.29) is 18.1 Å². The minimum absolute atomic E-state index is 0.0226. The predicted molar refractivity (Wildman–Crippen MR) is 82.6 cm³/mol. The van der Waals surface area contributed by atoms with Gasteiger partial charge in [0, 0.05) is 32.1 Å². The average molecular weight is 303 g/mol. The van der Waals surface area contributed by atoms with Gasteiger partial charge in [0.1, 0.15) is 5.69 Å². The number of nitrogens with zero attached hydrogens (tertiary/aromatic N) is 3. The fraction of sp³-hybridized carbons (Fsp3) is 0.765. The van der Waals surface area contributed by atoms with Crippen LogP contribution in [0, 0.1) is 11.8 Å². The molecule has 120 valence electrons. The van der Waals surface area contributed by atoms with E-state index in [1.165, 1.54) is 19.3 Å². The maximum absolute atomic E-state index is 12.9. The fourth-order valence-corrected chi connectivity index (χ4v) is 4.17. The van der Waals surface area contributed by atoms with Gasteiger partial charge in [0.2, 0.25) is 0 Å². The number of fused-ring (bicyclic) bond motifs is 1. The topological polar surface area (TPSA) is 47.4 Å². The van der Waals surface area contributed by atoms with E-state index in [4.69, 9.17) is 4.74 Å². The lowest BCUT2D eigenvalue weighted by Crippen LogP contribution is -2.54. The number of rotatable bonds is 2. The molecule has 3 aliphatic rings. The molecule has 2 aliphatic heterocycles. The molecule has 2 fully saturated rings. The van der Waals surface area contributed by atoms with Crippen LogP contribution < -0.4 is 0 Å². The third kappa shape index (κ3) is 2.09. The van der Waals surface area contributed by atoms with Crippen molar-refractivity contribution in [1.82, 2.24) is 14.7 Å². The van der Waals surface area contributed by atoms with Gasteiger partial charge >= 0.3 is 0 Å². The highest BCUT2D eigenvalue weighted by molar-refractivity contribution is 5.95. The van der Waals surface area contributed by atoms with Crippen molar-refractivity contribution >= 4 is 5.91 Å². The van der Waals surface area contributed by atoms with Crippen molar-refractivity contribution in [3.8, 4) is 0 Å². The molecule has 1 amide bonds. The SMILES string of the molecule is C[C@@H]1Cc2c(nn(C)c2C(=O)N2CC(C3CCC3)C2)[C@H](C)O1. The van der Waals surface area contributed by atoms with Crippen LogP contribution in [0.25, 0.3) is 0 Å². The van der Waals surface area contributed by atoms with Crippen LogP contribution in [0.15, 0.2) is 0 Å². The molecule has 0 bridgehead atoms. The first-order chi connectivity index (χ1) is 10.5. The van der Waals surface area contributed by atoms with Gasteiger partial charge in [-0.05, 0) is 25.7 Å². The number of carbonyl (C=O) groups excluding carboxylic acids is 1. The van der Waals surface area contributed by atoms with E-state index in [9.17, 15) is 4.79 Å². The molecule has 1 aromatic heterocycles. The molecule has 3 heterocycles. The van der Waals surface area contributed by atoms with E-state index in [0.717, 1.165) is 48.3 Å². The minimum Gasteiger partial charge on any atom is -0.369 e. The Bertz CT molecular complexity index is 599. The third-order valence-corrected chi connectivity index (χ3v) is 5.71. The third-order valence-electron chi connectivity index (χ3n) is 5.71. The first-order valence-corrected chi connectivity index (χ1v) is 8.55. The number of aromatic nitrogens is 2. The number of aryl methyl sites for hydroxylation is 1. The van der Waals surface area contributed by atoms with E-state index in [0.29, 0.717) is 0 Å². The van der Waals surface area contributed by atoms with Crippen molar-refractivity contribution < 1.29 is 9.53 Å². The van der Waals surface area contributed by atoms with Gasteiger partial charge < -0.3 is 9.64 Å². The Morgan fingerprint density at radius 3 is 2.59 bits per heavy atom. The molecule has 22 heavy (non-hydrogen) atoms. The summed E-state index contributed by atoms with van der Waals surface area (Å²) in [6.45, 7) is 5.96. The van der Waals surface area contributed by atoms with Crippen LogP contribution in [-0.2, 0) is 18.2 Å². The summed E-state index contributed by atoms with van der Waals surface area (Å²) in [6.07, 6.45) is 5.01. The van der Waals surface area contributed by atoms with Gasteiger partial charge in [-0.15, -0.1) is 0 Å². The number of hydrogen-bond acceptors (Lipinski definition) is 3. The maximum Gasteiger partial charge on any atom is 0.272 e. The highest BCUT2D eigenvalue weighted by Gasteiger charge is 2.41. The molecule has 5 nitrogen and oxygen atoms in total.